The molecule has 8 heteroatoms. The summed E-state index contributed by atoms with van der Waals surface area (Å²) in [6.45, 7) is 1.35. The minimum atomic E-state index is -0.512. The summed E-state index contributed by atoms with van der Waals surface area (Å²) in [6, 6.07) is 13.6. The van der Waals surface area contributed by atoms with Crippen LogP contribution >= 0.6 is 22.9 Å². The standard InChI is InChI=1S/C24H21ClFN3O2S/c1-16(30)29(21-6-3-2-5-20(21)26)23-27-19(15-32-23)11-12-22(31)28-24(13-4-14-24)17-7-9-18(25)10-8-17/h2-3,5-12,15H,4,13-14H2,1H3,(H,28,31)/b12-11+. The predicted molar refractivity (Wildman–Crippen MR) is 125 cm³/mol. The van der Waals surface area contributed by atoms with E-state index >= 15 is 0 Å². The van der Waals surface area contributed by atoms with Crippen LogP contribution in [-0.4, -0.2) is 16.8 Å². The van der Waals surface area contributed by atoms with Crippen LogP contribution in [-0.2, 0) is 15.1 Å². The molecule has 32 heavy (non-hydrogen) atoms. The quantitative estimate of drug-likeness (QED) is 0.462. The number of nitrogens with zero attached hydrogens (tertiary/aromatic N) is 2. The van der Waals surface area contributed by atoms with Crippen LogP contribution in [0.3, 0.4) is 0 Å². The lowest BCUT2D eigenvalue weighted by molar-refractivity contribution is -0.119. The highest BCUT2D eigenvalue weighted by Gasteiger charge is 2.39. The minimum Gasteiger partial charge on any atom is -0.343 e. The molecule has 0 saturated heterocycles. The molecule has 0 bridgehead atoms. The van der Waals surface area contributed by atoms with Crippen molar-refractivity contribution >= 4 is 51.6 Å². The van der Waals surface area contributed by atoms with Crippen LogP contribution in [0.1, 0.15) is 37.4 Å². The number of aromatic nitrogens is 1. The number of halogens is 2. The third-order valence-electron chi connectivity index (χ3n) is 5.48. The Labute approximate surface area is 194 Å². The first-order chi connectivity index (χ1) is 15.4. The maximum absolute atomic E-state index is 14.2. The van der Waals surface area contributed by atoms with Crippen LogP contribution in [0.15, 0.2) is 60.0 Å². The molecule has 1 fully saturated rings. The Bertz CT molecular complexity index is 1170. The number of amides is 2. The molecule has 1 aliphatic carbocycles. The van der Waals surface area contributed by atoms with Crippen LogP contribution in [0.5, 0.6) is 0 Å². The van der Waals surface area contributed by atoms with Gasteiger partial charge in [-0.15, -0.1) is 11.3 Å². The molecule has 1 N–H and O–H groups in total. The summed E-state index contributed by atoms with van der Waals surface area (Å²) in [7, 11) is 0. The number of nitrogens with one attached hydrogen (secondary N) is 1. The molecule has 0 atom stereocenters. The number of hydrogen-bond acceptors (Lipinski definition) is 4. The first kappa shape index (κ1) is 22.2. The average Bonchev–Trinajstić information content (AvgIpc) is 3.20. The molecule has 1 aliphatic rings. The van der Waals surface area contributed by atoms with Gasteiger partial charge in [0.25, 0.3) is 0 Å². The molecule has 164 valence electrons. The molecule has 0 unspecified atom stereocenters. The van der Waals surface area contributed by atoms with Crippen LogP contribution < -0.4 is 10.2 Å². The molecule has 3 aromatic rings. The van der Waals surface area contributed by atoms with Gasteiger partial charge < -0.3 is 5.32 Å². The lowest BCUT2D eigenvalue weighted by Gasteiger charge is -2.43. The van der Waals surface area contributed by atoms with Crippen LogP contribution in [0.4, 0.5) is 15.2 Å². The van der Waals surface area contributed by atoms with Crippen molar-refractivity contribution < 1.29 is 14.0 Å². The minimum absolute atomic E-state index is 0.137. The van der Waals surface area contributed by atoms with Crippen molar-refractivity contribution in [1.82, 2.24) is 10.3 Å². The van der Waals surface area contributed by atoms with Gasteiger partial charge in [-0.3, -0.25) is 14.5 Å². The van der Waals surface area contributed by atoms with Crippen molar-refractivity contribution in [3.63, 3.8) is 0 Å². The van der Waals surface area contributed by atoms with Gasteiger partial charge in [-0.2, -0.15) is 0 Å². The summed E-state index contributed by atoms with van der Waals surface area (Å²) in [5.74, 6) is -1.10. The van der Waals surface area contributed by atoms with Gasteiger partial charge in [-0.05, 0) is 55.2 Å². The van der Waals surface area contributed by atoms with Crippen LogP contribution in [0.2, 0.25) is 5.02 Å². The topological polar surface area (TPSA) is 62.3 Å². The fraction of sp³-hybridized carbons (Fsp3) is 0.208. The highest BCUT2D eigenvalue weighted by atomic mass is 35.5. The van der Waals surface area contributed by atoms with E-state index in [1.165, 1.54) is 41.4 Å². The van der Waals surface area contributed by atoms with Gasteiger partial charge in [0.05, 0.1) is 16.9 Å². The highest BCUT2D eigenvalue weighted by Crippen LogP contribution is 2.41. The Kier molecular flexibility index (Phi) is 6.39. The molecule has 0 radical (unpaired) electrons. The maximum atomic E-state index is 14.2. The number of rotatable bonds is 6. The second-order valence-electron chi connectivity index (χ2n) is 7.63. The van der Waals surface area contributed by atoms with Crippen molar-refractivity contribution in [2.24, 2.45) is 0 Å². The van der Waals surface area contributed by atoms with Gasteiger partial charge >= 0.3 is 0 Å². The molecule has 2 aromatic carbocycles. The maximum Gasteiger partial charge on any atom is 0.244 e. The van der Waals surface area contributed by atoms with E-state index in [0.29, 0.717) is 15.8 Å². The van der Waals surface area contributed by atoms with Crippen molar-refractivity contribution in [3.05, 3.63) is 82.1 Å². The number of hydrogen-bond donors (Lipinski definition) is 1. The number of anilines is 2. The average molecular weight is 470 g/mol. The zero-order chi connectivity index (χ0) is 22.7. The molecule has 0 spiro atoms. The van der Waals surface area contributed by atoms with Crippen molar-refractivity contribution in [3.8, 4) is 0 Å². The smallest absolute Gasteiger partial charge is 0.244 e. The molecule has 1 heterocycles. The summed E-state index contributed by atoms with van der Waals surface area (Å²) < 4.78 is 14.2. The Hall–Kier alpha value is -3.03. The number of para-hydroxylation sites is 1. The largest absolute Gasteiger partial charge is 0.343 e. The highest BCUT2D eigenvalue weighted by molar-refractivity contribution is 7.14. The first-order valence-corrected chi connectivity index (χ1v) is 11.4. The van der Waals surface area contributed by atoms with Gasteiger partial charge in [0, 0.05) is 23.4 Å². The Morgan fingerprint density at radius 1 is 1.19 bits per heavy atom. The lowest BCUT2D eigenvalue weighted by atomic mass is 9.72. The molecular formula is C24H21ClFN3O2S. The van der Waals surface area contributed by atoms with E-state index in [0.717, 1.165) is 24.8 Å². The monoisotopic (exact) mass is 469 g/mol. The second kappa shape index (κ2) is 9.22. The van der Waals surface area contributed by atoms with E-state index in [1.807, 2.05) is 24.3 Å². The third-order valence-corrected chi connectivity index (χ3v) is 6.58. The van der Waals surface area contributed by atoms with Crippen LogP contribution in [0, 0.1) is 5.82 Å². The van der Waals surface area contributed by atoms with E-state index in [1.54, 1.807) is 23.6 Å². The molecule has 5 nitrogen and oxygen atoms in total. The second-order valence-corrected chi connectivity index (χ2v) is 8.90. The Morgan fingerprint density at radius 2 is 1.91 bits per heavy atom. The van der Waals surface area contributed by atoms with E-state index < -0.39 is 5.82 Å². The normalized spacial score (nSPS) is 14.7. The zero-order valence-corrected chi connectivity index (χ0v) is 18.9. The van der Waals surface area contributed by atoms with Gasteiger partial charge in [0.2, 0.25) is 11.8 Å². The number of benzene rings is 2. The fourth-order valence-electron chi connectivity index (χ4n) is 3.72. The zero-order valence-electron chi connectivity index (χ0n) is 17.3. The third kappa shape index (κ3) is 4.59. The molecule has 4 rings (SSSR count). The lowest BCUT2D eigenvalue weighted by Crippen LogP contribution is -2.50. The SMILES string of the molecule is CC(=O)N(c1nc(/C=C/C(=O)NC2(c3ccc(Cl)cc3)CCC2)cs1)c1ccccc1F. The van der Waals surface area contributed by atoms with Crippen LogP contribution in [0.25, 0.3) is 6.08 Å². The molecule has 1 aromatic heterocycles. The molecular weight excluding hydrogens is 449 g/mol. The molecule has 2 amide bonds. The van der Waals surface area contributed by atoms with Crippen molar-refractivity contribution in [1.29, 1.82) is 0 Å². The fourth-order valence-corrected chi connectivity index (χ4v) is 4.69. The van der Waals surface area contributed by atoms with Gasteiger partial charge in [0.15, 0.2) is 5.13 Å². The number of thiazole rings is 1. The number of carbonyl (C=O) groups excluding carboxylic acids is 2. The van der Waals surface area contributed by atoms with E-state index in [9.17, 15) is 14.0 Å². The Balaban J connectivity index is 1.48. The van der Waals surface area contributed by atoms with Gasteiger partial charge in [-0.25, -0.2) is 9.37 Å². The van der Waals surface area contributed by atoms with E-state index in [2.05, 4.69) is 10.3 Å². The van der Waals surface area contributed by atoms with Crippen molar-refractivity contribution in [2.45, 2.75) is 31.7 Å². The summed E-state index contributed by atoms with van der Waals surface area (Å²) in [4.78, 5) is 30.4. The summed E-state index contributed by atoms with van der Waals surface area (Å²) >= 11 is 7.19. The first-order valence-electron chi connectivity index (χ1n) is 10.1. The summed E-state index contributed by atoms with van der Waals surface area (Å²) in [5, 5.41) is 5.82. The van der Waals surface area contributed by atoms with Gasteiger partial charge in [0.1, 0.15) is 5.82 Å². The van der Waals surface area contributed by atoms with Gasteiger partial charge in [-0.1, -0.05) is 35.9 Å². The van der Waals surface area contributed by atoms with E-state index in [-0.39, 0.29) is 23.0 Å². The summed E-state index contributed by atoms with van der Waals surface area (Å²) in [6.07, 6.45) is 5.79. The number of carbonyl (C=O) groups is 2. The molecule has 0 aliphatic heterocycles. The predicted octanol–water partition coefficient (Wildman–Crippen LogP) is 5.83. The Morgan fingerprint density at radius 3 is 2.53 bits per heavy atom. The van der Waals surface area contributed by atoms with E-state index in [4.69, 9.17) is 11.6 Å². The summed E-state index contributed by atoms with van der Waals surface area (Å²) in [5.41, 5.74) is 1.30. The van der Waals surface area contributed by atoms with Crippen molar-refractivity contribution in [2.75, 3.05) is 4.90 Å². The molecule has 1 saturated carbocycles.